The van der Waals surface area contributed by atoms with Gasteiger partial charge >= 0.3 is 0 Å². The van der Waals surface area contributed by atoms with E-state index in [0.717, 1.165) is 10.9 Å². The molecular weight excluding hydrogens is 225 g/mol. The highest BCUT2D eigenvalue weighted by Crippen LogP contribution is 2.30. The molecule has 0 aliphatic carbocycles. The van der Waals surface area contributed by atoms with E-state index in [2.05, 4.69) is 11.4 Å². The second-order valence-electron chi connectivity index (χ2n) is 3.14. The predicted octanol–water partition coefficient (Wildman–Crippen LogP) is 3.64. The summed E-state index contributed by atoms with van der Waals surface area (Å²) in [5.74, 6) is 0. The van der Waals surface area contributed by atoms with E-state index < -0.39 is 0 Å². The van der Waals surface area contributed by atoms with Crippen LogP contribution in [0.4, 0.5) is 0 Å². The van der Waals surface area contributed by atoms with E-state index >= 15 is 0 Å². The summed E-state index contributed by atoms with van der Waals surface area (Å²) in [4.78, 5) is 1.39. The van der Waals surface area contributed by atoms with Crippen molar-refractivity contribution in [2.75, 3.05) is 6.54 Å². The lowest BCUT2D eigenvalue weighted by molar-refractivity contribution is 0.417. The van der Waals surface area contributed by atoms with Gasteiger partial charge in [-0.2, -0.15) is 0 Å². The van der Waals surface area contributed by atoms with Gasteiger partial charge in [0, 0.05) is 10.9 Å². The summed E-state index contributed by atoms with van der Waals surface area (Å²) >= 11 is 7.57. The monoisotopic (exact) mass is 237 g/mol. The highest BCUT2D eigenvalue weighted by molar-refractivity contribution is 7.16. The predicted molar refractivity (Wildman–Crippen MR) is 61.2 cm³/mol. The number of piperidine rings is 1. The van der Waals surface area contributed by atoms with Crippen LogP contribution in [-0.2, 0) is 0 Å². The van der Waals surface area contributed by atoms with Crippen LogP contribution in [0.2, 0.25) is 4.34 Å². The SMILES string of the molecule is Cl.Clc1ccc([C@@H]2CCCCN2)s1. The number of thiophene rings is 1. The van der Waals surface area contributed by atoms with E-state index in [1.54, 1.807) is 11.3 Å². The standard InChI is InChI=1S/C9H12ClNS.ClH/c10-9-5-4-8(12-9)7-3-1-2-6-11-7;/h4-5,7,11H,1-3,6H2;1H/t7-;/m0./s1. The number of hydrogen-bond donors (Lipinski definition) is 1. The van der Waals surface area contributed by atoms with Crippen molar-refractivity contribution in [1.82, 2.24) is 5.32 Å². The Hall–Kier alpha value is 0.240. The first-order chi connectivity index (χ1) is 5.86. The number of nitrogens with one attached hydrogen (secondary N) is 1. The highest BCUT2D eigenvalue weighted by Gasteiger charge is 2.15. The summed E-state index contributed by atoms with van der Waals surface area (Å²) in [6, 6.07) is 4.68. The molecule has 1 saturated heterocycles. The van der Waals surface area contributed by atoms with Gasteiger partial charge in [0.05, 0.1) is 4.34 Å². The van der Waals surface area contributed by atoms with Crippen LogP contribution in [0, 0.1) is 0 Å². The van der Waals surface area contributed by atoms with Gasteiger partial charge in [0.25, 0.3) is 0 Å². The van der Waals surface area contributed by atoms with Gasteiger partial charge in [-0.15, -0.1) is 23.7 Å². The quantitative estimate of drug-likeness (QED) is 0.787. The molecule has 1 N–H and O–H groups in total. The fourth-order valence-electron chi connectivity index (χ4n) is 1.61. The van der Waals surface area contributed by atoms with Crippen LogP contribution >= 0.6 is 35.3 Å². The maximum Gasteiger partial charge on any atom is 0.0931 e. The molecule has 0 bridgehead atoms. The molecule has 13 heavy (non-hydrogen) atoms. The van der Waals surface area contributed by atoms with E-state index in [0.29, 0.717) is 6.04 Å². The molecule has 1 aliphatic rings. The second kappa shape index (κ2) is 5.20. The molecule has 1 atom stereocenters. The maximum atomic E-state index is 5.87. The molecule has 0 amide bonds. The van der Waals surface area contributed by atoms with Crippen LogP contribution in [-0.4, -0.2) is 6.54 Å². The molecule has 0 radical (unpaired) electrons. The molecule has 1 nitrogen and oxygen atoms in total. The van der Waals surface area contributed by atoms with Gasteiger partial charge in [-0.3, -0.25) is 0 Å². The maximum absolute atomic E-state index is 5.87. The lowest BCUT2D eigenvalue weighted by Crippen LogP contribution is -2.25. The third-order valence-corrected chi connectivity index (χ3v) is 3.59. The third kappa shape index (κ3) is 2.84. The Morgan fingerprint density at radius 1 is 1.38 bits per heavy atom. The van der Waals surface area contributed by atoms with Gasteiger partial charge in [0.1, 0.15) is 0 Å². The Bertz CT molecular complexity index is 256. The van der Waals surface area contributed by atoms with Crippen molar-refractivity contribution in [1.29, 1.82) is 0 Å². The zero-order valence-corrected chi connectivity index (χ0v) is 9.64. The molecular formula is C9H13Cl2NS. The average Bonchev–Trinajstić information content (AvgIpc) is 2.54. The molecule has 1 aliphatic heterocycles. The van der Waals surface area contributed by atoms with E-state index in [-0.39, 0.29) is 12.4 Å². The summed E-state index contributed by atoms with van der Waals surface area (Å²) in [5.41, 5.74) is 0. The Labute approximate surface area is 93.9 Å². The van der Waals surface area contributed by atoms with Gasteiger partial charge in [-0.25, -0.2) is 0 Å². The van der Waals surface area contributed by atoms with E-state index in [9.17, 15) is 0 Å². The van der Waals surface area contributed by atoms with Crippen LogP contribution in [0.5, 0.6) is 0 Å². The lowest BCUT2D eigenvalue weighted by Gasteiger charge is -2.21. The fraction of sp³-hybridized carbons (Fsp3) is 0.556. The second-order valence-corrected chi connectivity index (χ2v) is 4.89. The third-order valence-electron chi connectivity index (χ3n) is 2.25. The van der Waals surface area contributed by atoms with Crippen molar-refractivity contribution in [3.8, 4) is 0 Å². The zero-order chi connectivity index (χ0) is 8.39. The molecule has 1 fully saturated rings. The molecule has 4 heteroatoms. The number of rotatable bonds is 1. The first kappa shape index (κ1) is 11.3. The van der Waals surface area contributed by atoms with Gasteiger partial charge in [0.2, 0.25) is 0 Å². The van der Waals surface area contributed by atoms with Crippen molar-refractivity contribution in [3.63, 3.8) is 0 Å². The van der Waals surface area contributed by atoms with Gasteiger partial charge < -0.3 is 5.32 Å². The molecule has 74 valence electrons. The van der Waals surface area contributed by atoms with E-state index in [1.807, 2.05) is 6.07 Å². The summed E-state index contributed by atoms with van der Waals surface area (Å²) in [6.45, 7) is 1.15. The molecule has 0 aromatic carbocycles. The molecule has 1 aromatic heterocycles. The van der Waals surface area contributed by atoms with Crippen molar-refractivity contribution < 1.29 is 0 Å². The van der Waals surface area contributed by atoms with Gasteiger partial charge in [0.15, 0.2) is 0 Å². The van der Waals surface area contributed by atoms with E-state index in [1.165, 1.54) is 24.1 Å². The Balaban J connectivity index is 0.000000845. The van der Waals surface area contributed by atoms with Crippen LogP contribution in [0.1, 0.15) is 30.2 Å². The number of hydrogen-bond acceptors (Lipinski definition) is 2. The molecule has 2 rings (SSSR count). The van der Waals surface area contributed by atoms with Crippen molar-refractivity contribution in [2.24, 2.45) is 0 Å². The minimum Gasteiger partial charge on any atom is -0.309 e. The summed E-state index contributed by atoms with van der Waals surface area (Å²) < 4.78 is 0.900. The molecule has 1 aromatic rings. The fourth-order valence-corrected chi connectivity index (χ4v) is 2.78. The van der Waals surface area contributed by atoms with Crippen LogP contribution < -0.4 is 5.32 Å². The van der Waals surface area contributed by atoms with E-state index in [4.69, 9.17) is 11.6 Å². The normalized spacial score (nSPS) is 22.4. The topological polar surface area (TPSA) is 12.0 Å². The molecule has 0 saturated carbocycles. The zero-order valence-electron chi connectivity index (χ0n) is 7.25. The number of halogens is 2. The van der Waals surface area contributed by atoms with Gasteiger partial charge in [-0.1, -0.05) is 18.0 Å². The lowest BCUT2D eigenvalue weighted by atomic mass is 10.0. The van der Waals surface area contributed by atoms with Crippen LogP contribution in [0.25, 0.3) is 0 Å². The summed E-state index contributed by atoms with van der Waals surface area (Å²) in [5, 5.41) is 3.50. The Kier molecular flexibility index (Phi) is 4.53. The highest BCUT2D eigenvalue weighted by atomic mass is 35.5. The largest absolute Gasteiger partial charge is 0.309 e. The molecule has 2 heterocycles. The minimum atomic E-state index is 0. The van der Waals surface area contributed by atoms with Crippen LogP contribution in [0.15, 0.2) is 12.1 Å². The smallest absolute Gasteiger partial charge is 0.0931 e. The first-order valence-electron chi connectivity index (χ1n) is 4.35. The first-order valence-corrected chi connectivity index (χ1v) is 5.54. The van der Waals surface area contributed by atoms with Gasteiger partial charge in [-0.05, 0) is 31.5 Å². The Morgan fingerprint density at radius 3 is 2.77 bits per heavy atom. The summed E-state index contributed by atoms with van der Waals surface area (Å²) in [7, 11) is 0. The summed E-state index contributed by atoms with van der Waals surface area (Å²) in [6.07, 6.45) is 3.92. The minimum absolute atomic E-state index is 0. The van der Waals surface area contributed by atoms with Crippen molar-refractivity contribution in [2.45, 2.75) is 25.3 Å². The van der Waals surface area contributed by atoms with Crippen LogP contribution in [0.3, 0.4) is 0 Å². The molecule has 0 spiro atoms. The van der Waals surface area contributed by atoms with Crippen molar-refractivity contribution in [3.05, 3.63) is 21.3 Å². The Morgan fingerprint density at radius 2 is 2.23 bits per heavy atom. The van der Waals surface area contributed by atoms with Crippen molar-refractivity contribution >= 4 is 35.3 Å². The molecule has 0 unspecified atom stereocenters. The average molecular weight is 238 g/mol.